The van der Waals surface area contributed by atoms with Crippen molar-refractivity contribution in [1.29, 1.82) is 0 Å². The maximum Gasteiger partial charge on any atom is 0.133 e. The normalized spacial score (nSPS) is 17.3. The molecule has 1 heterocycles. The van der Waals surface area contributed by atoms with E-state index in [1.165, 1.54) is 55.3 Å². The van der Waals surface area contributed by atoms with Gasteiger partial charge in [-0.25, -0.2) is 0 Å². The van der Waals surface area contributed by atoms with Crippen LogP contribution >= 0.6 is 11.9 Å². The lowest BCUT2D eigenvalue weighted by Crippen LogP contribution is -2.27. The number of nitrogens with two attached hydrogens (primary N) is 2. The van der Waals surface area contributed by atoms with Gasteiger partial charge in [0, 0.05) is 17.8 Å². The summed E-state index contributed by atoms with van der Waals surface area (Å²) in [5.74, 6) is 0.803. The first kappa shape index (κ1) is 23.0. The monoisotopic (exact) mass is 426 g/mol. The van der Waals surface area contributed by atoms with Crippen LogP contribution in [0.1, 0.15) is 74.0 Å². The van der Waals surface area contributed by atoms with E-state index >= 15 is 0 Å². The highest BCUT2D eigenvalue weighted by Crippen LogP contribution is 2.37. The van der Waals surface area contributed by atoms with E-state index in [2.05, 4.69) is 52.4 Å². The Labute approximate surface area is 186 Å². The number of rotatable bonds is 5. The van der Waals surface area contributed by atoms with Crippen LogP contribution in [0.4, 0.5) is 0 Å². The van der Waals surface area contributed by atoms with Crippen LogP contribution in [0.3, 0.4) is 0 Å². The minimum atomic E-state index is 0.0814. The van der Waals surface area contributed by atoms with Crippen molar-refractivity contribution in [3.8, 4) is 0 Å². The van der Waals surface area contributed by atoms with Gasteiger partial charge in [0.15, 0.2) is 0 Å². The molecular formula is C25H38N4S. The number of hydrogen-bond donors (Lipinski definition) is 2. The van der Waals surface area contributed by atoms with E-state index in [0.717, 1.165) is 29.5 Å². The molecular weight excluding hydrogens is 388 g/mol. The van der Waals surface area contributed by atoms with Gasteiger partial charge in [0.2, 0.25) is 0 Å². The first-order valence-electron chi connectivity index (χ1n) is 11.2. The summed E-state index contributed by atoms with van der Waals surface area (Å²) in [7, 11) is 0. The maximum atomic E-state index is 5.85. The van der Waals surface area contributed by atoms with Crippen LogP contribution in [0.15, 0.2) is 29.4 Å². The number of aryl methyl sites for hydroxylation is 2. The van der Waals surface area contributed by atoms with Crippen molar-refractivity contribution in [2.75, 3.05) is 0 Å². The third-order valence-electron chi connectivity index (χ3n) is 6.67. The minimum absolute atomic E-state index is 0.0814. The van der Waals surface area contributed by atoms with E-state index in [0.29, 0.717) is 0 Å². The minimum Gasteiger partial charge on any atom is -0.402 e. The first-order chi connectivity index (χ1) is 14.2. The summed E-state index contributed by atoms with van der Waals surface area (Å²) in [5.41, 5.74) is 15.8. The highest BCUT2D eigenvalue weighted by atomic mass is 32.2. The predicted octanol–water partition coefficient (Wildman–Crippen LogP) is 5.23. The second-order valence-electron chi connectivity index (χ2n) is 9.65. The second kappa shape index (κ2) is 9.19. The van der Waals surface area contributed by atoms with Crippen LogP contribution in [0, 0.1) is 12.8 Å². The van der Waals surface area contributed by atoms with Gasteiger partial charge >= 0.3 is 0 Å². The molecule has 0 spiro atoms. The van der Waals surface area contributed by atoms with E-state index in [9.17, 15) is 0 Å². The molecule has 0 amide bonds. The fraction of sp³-hybridized carbons (Fsp3) is 0.560. The Hall–Kier alpha value is -1.72. The van der Waals surface area contributed by atoms with Gasteiger partial charge in [-0.05, 0) is 111 Å². The zero-order valence-electron chi connectivity index (χ0n) is 19.3. The van der Waals surface area contributed by atoms with Crippen molar-refractivity contribution >= 4 is 11.9 Å². The van der Waals surface area contributed by atoms with Gasteiger partial charge in [-0.15, -0.1) is 0 Å². The summed E-state index contributed by atoms with van der Waals surface area (Å²) >= 11 is 1.20. The van der Waals surface area contributed by atoms with Gasteiger partial charge < -0.3 is 5.73 Å². The average Bonchev–Trinajstić information content (AvgIpc) is 3.39. The molecule has 4 nitrogen and oxygen atoms in total. The number of allylic oxidation sites excluding steroid dienone is 1. The zero-order valence-corrected chi connectivity index (χ0v) is 20.2. The van der Waals surface area contributed by atoms with Crippen LogP contribution < -0.4 is 10.9 Å². The average molecular weight is 427 g/mol. The molecule has 1 aromatic carbocycles. The fourth-order valence-electron chi connectivity index (χ4n) is 4.88. The number of benzene rings is 1. The first-order valence-corrected chi connectivity index (χ1v) is 12.1. The largest absolute Gasteiger partial charge is 0.402 e. The van der Waals surface area contributed by atoms with Gasteiger partial charge in [0.05, 0.1) is 5.54 Å². The molecule has 1 atom stereocenters. The standard InChI is InChI=1S/C16H21N.C9H17N3S/c1-10-6-13-9-12-4-3-5-14(12)16(8-11(2)17)15(13)7-10;1-5-9(3,4)12-7(2)6-8(11-12)13-10/h9-10H,2-8,17H2,1H3;6H,5,10H2,1-4H3. The molecule has 1 aromatic heterocycles. The SMILES string of the molecule is C=C(N)Cc1c2c(cc3c1CC(C)C3)CCC2.CCC(C)(C)n1nc(SN)cc1C. The van der Waals surface area contributed by atoms with Crippen LogP contribution in [-0.4, -0.2) is 9.78 Å². The molecule has 5 heteroatoms. The number of hydrogen-bond acceptors (Lipinski definition) is 4. The number of aromatic nitrogens is 2. The van der Waals surface area contributed by atoms with Gasteiger partial charge in [-0.3, -0.25) is 9.82 Å². The highest BCUT2D eigenvalue weighted by Gasteiger charge is 2.26. The third kappa shape index (κ3) is 4.78. The van der Waals surface area contributed by atoms with Crippen LogP contribution in [-0.2, 0) is 37.6 Å². The molecule has 0 radical (unpaired) electrons. The zero-order chi connectivity index (χ0) is 22.1. The van der Waals surface area contributed by atoms with E-state index < -0.39 is 0 Å². The Morgan fingerprint density at radius 1 is 1.23 bits per heavy atom. The van der Waals surface area contributed by atoms with Gasteiger partial charge in [0.25, 0.3) is 0 Å². The molecule has 0 aliphatic heterocycles. The summed E-state index contributed by atoms with van der Waals surface area (Å²) in [6.07, 6.45) is 8.28. The molecule has 1 unspecified atom stereocenters. The quantitative estimate of drug-likeness (QED) is 0.643. The third-order valence-corrected chi connectivity index (χ3v) is 7.12. The van der Waals surface area contributed by atoms with Crippen molar-refractivity contribution in [1.82, 2.24) is 9.78 Å². The van der Waals surface area contributed by atoms with Crippen molar-refractivity contribution in [3.05, 3.63) is 57.9 Å². The Balaban J connectivity index is 0.000000178. The van der Waals surface area contributed by atoms with E-state index in [-0.39, 0.29) is 5.54 Å². The van der Waals surface area contributed by atoms with Gasteiger partial charge in [-0.2, -0.15) is 5.10 Å². The lowest BCUT2D eigenvalue weighted by molar-refractivity contribution is 0.298. The molecule has 2 aliphatic rings. The molecule has 0 fully saturated rings. The molecule has 2 aromatic rings. The van der Waals surface area contributed by atoms with Crippen LogP contribution in [0.25, 0.3) is 0 Å². The molecule has 4 N–H and O–H groups in total. The lowest BCUT2D eigenvalue weighted by atomic mass is 9.91. The topological polar surface area (TPSA) is 69.9 Å². The Bertz CT molecular complexity index is 926. The number of fused-ring (bicyclic) bond motifs is 2. The smallest absolute Gasteiger partial charge is 0.133 e. The summed E-state index contributed by atoms with van der Waals surface area (Å²) < 4.78 is 2.04. The summed E-state index contributed by atoms with van der Waals surface area (Å²) in [4.78, 5) is 0. The van der Waals surface area contributed by atoms with E-state index in [1.807, 2.05) is 10.7 Å². The predicted molar refractivity (Wildman–Crippen MR) is 129 cm³/mol. The van der Waals surface area contributed by atoms with Crippen LogP contribution in [0.2, 0.25) is 0 Å². The van der Waals surface area contributed by atoms with E-state index in [4.69, 9.17) is 10.9 Å². The summed E-state index contributed by atoms with van der Waals surface area (Å²) in [5, 5.41) is 10.8. The molecule has 30 heavy (non-hydrogen) atoms. The van der Waals surface area contributed by atoms with Crippen molar-refractivity contribution in [2.45, 2.75) is 90.1 Å². The van der Waals surface area contributed by atoms with E-state index in [1.54, 1.807) is 22.3 Å². The summed E-state index contributed by atoms with van der Waals surface area (Å²) in [6, 6.07) is 4.49. The molecule has 0 saturated heterocycles. The van der Waals surface area contributed by atoms with Crippen molar-refractivity contribution < 1.29 is 0 Å². The molecule has 164 valence electrons. The molecule has 2 aliphatic carbocycles. The molecule has 0 bridgehead atoms. The van der Waals surface area contributed by atoms with Crippen LogP contribution in [0.5, 0.6) is 0 Å². The highest BCUT2D eigenvalue weighted by molar-refractivity contribution is 7.97. The second-order valence-corrected chi connectivity index (χ2v) is 10.3. The number of nitrogens with zero attached hydrogens (tertiary/aromatic N) is 2. The van der Waals surface area contributed by atoms with Crippen molar-refractivity contribution in [3.63, 3.8) is 0 Å². The summed E-state index contributed by atoms with van der Waals surface area (Å²) in [6.45, 7) is 14.8. The molecule has 4 rings (SSSR count). The lowest BCUT2D eigenvalue weighted by Gasteiger charge is -2.25. The van der Waals surface area contributed by atoms with Crippen molar-refractivity contribution in [2.24, 2.45) is 16.8 Å². The fourth-order valence-corrected chi connectivity index (χ4v) is 5.25. The Morgan fingerprint density at radius 3 is 2.57 bits per heavy atom. The van der Waals surface area contributed by atoms with Gasteiger partial charge in [0.1, 0.15) is 5.03 Å². The maximum absolute atomic E-state index is 5.85. The van der Waals surface area contributed by atoms with Gasteiger partial charge in [-0.1, -0.05) is 26.5 Å². The Kier molecular flexibility index (Phi) is 7.03. The Morgan fingerprint density at radius 2 is 1.97 bits per heavy atom. The molecule has 0 saturated carbocycles.